The first-order valence-corrected chi connectivity index (χ1v) is 2.44. The maximum Gasteiger partial charge on any atom is 0.327 e. The molecule has 0 aliphatic rings. The van der Waals surface area contributed by atoms with Gasteiger partial charge in [-0.15, -0.1) is 0 Å². The molecule has 32 valence electrons. The van der Waals surface area contributed by atoms with Crippen LogP contribution < -0.4 is 0 Å². The van der Waals surface area contributed by atoms with Crippen LogP contribution in [0.1, 0.15) is 0 Å². The van der Waals surface area contributed by atoms with E-state index >= 15 is 0 Å². The number of hydrogen-bond acceptors (Lipinski definition) is 3. The second-order valence-electron chi connectivity index (χ2n) is 0.357. The lowest BCUT2D eigenvalue weighted by molar-refractivity contribution is 0.435. The molecule has 0 heterocycles. The molecule has 0 aliphatic heterocycles. The van der Waals surface area contributed by atoms with Crippen molar-refractivity contribution in [1.29, 1.82) is 0 Å². The molecule has 1 unspecified atom stereocenters. The van der Waals surface area contributed by atoms with Crippen molar-refractivity contribution in [3.05, 3.63) is 0 Å². The van der Waals surface area contributed by atoms with Gasteiger partial charge in [0.1, 0.15) is 0 Å². The zero-order valence-corrected chi connectivity index (χ0v) is 4.11. The molecule has 0 saturated carbocycles. The van der Waals surface area contributed by atoms with Crippen LogP contribution in [0.5, 0.6) is 0 Å². The highest BCUT2D eigenvalue weighted by Gasteiger charge is 1.76. The highest BCUT2D eigenvalue weighted by atomic mass is 32.1. The van der Waals surface area contributed by atoms with Crippen molar-refractivity contribution in [2.45, 2.75) is 0 Å². The fourth-order valence-corrected chi connectivity index (χ4v) is 0. The molecule has 1 atom stereocenters. The summed E-state index contributed by atoms with van der Waals surface area (Å²) < 4.78 is 12.8. The van der Waals surface area contributed by atoms with Crippen LogP contribution in [-0.4, -0.2) is 4.89 Å². The fourth-order valence-electron chi connectivity index (χ4n) is 0. The predicted molar refractivity (Wildman–Crippen MR) is 21.3 cm³/mol. The third-order valence-corrected chi connectivity index (χ3v) is 0.703. The van der Waals surface area contributed by atoms with Gasteiger partial charge < -0.3 is 4.89 Å². The van der Waals surface area contributed by atoms with Crippen molar-refractivity contribution in [2.75, 3.05) is 0 Å². The van der Waals surface area contributed by atoms with Crippen LogP contribution in [0.25, 0.3) is 0 Å². The van der Waals surface area contributed by atoms with Crippen LogP contribution in [0.3, 0.4) is 0 Å². The van der Waals surface area contributed by atoms with E-state index in [-0.39, 0.29) is 0 Å². The Labute approximate surface area is 35.5 Å². The van der Waals surface area contributed by atoms with E-state index in [2.05, 4.69) is 16.9 Å². The van der Waals surface area contributed by atoms with Crippen molar-refractivity contribution in [3.8, 4) is 0 Å². The van der Waals surface area contributed by atoms with E-state index < -0.39 is 8.25 Å². The maximum atomic E-state index is 9.25. The topological polar surface area (TPSA) is 46.5 Å². The average Bonchev–Trinajstić information content (AvgIpc) is 1.38. The van der Waals surface area contributed by atoms with Gasteiger partial charge >= 0.3 is 8.25 Å². The lowest BCUT2D eigenvalue weighted by Gasteiger charge is -1.76. The van der Waals surface area contributed by atoms with Gasteiger partial charge in [0.25, 0.3) is 0 Å². The summed E-state index contributed by atoms with van der Waals surface area (Å²) in [6.07, 6.45) is 0. The van der Waals surface area contributed by atoms with Crippen LogP contribution in [-0.2, 0) is 8.54 Å². The van der Waals surface area contributed by atoms with Crippen LogP contribution in [0.2, 0.25) is 0 Å². The summed E-state index contributed by atoms with van der Waals surface area (Å²) in [4.78, 5) is 7.61. The molecule has 0 aliphatic carbocycles. The van der Waals surface area contributed by atoms with E-state index in [9.17, 15) is 4.57 Å². The van der Waals surface area contributed by atoms with Gasteiger partial charge in [0.15, 0.2) is 0 Å². The molecule has 0 fully saturated rings. The second-order valence-corrected chi connectivity index (χ2v) is 1.62. The van der Waals surface area contributed by atoms with Gasteiger partial charge in [-0.25, -0.2) is 3.97 Å². The average molecular weight is 114 g/mol. The van der Waals surface area contributed by atoms with Gasteiger partial charge in [-0.2, -0.15) is 0 Å². The van der Waals surface area contributed by atoms with Gasteiger partial charge in [0, 0.05) is 0 Å². The third-order valence-electron chi connectivity index (χ3n) is 0.0781. The Balaban J connectivity index is 2.85. The molecule has 0 amide bonds. The molecule has 0 aromatic rings. The Kier molecular flexibility index (Phi) is 2.99. The van der Waals surface area contributed by atoms with E-state index in [1.807, 2.05) is 0 Å². The van der Waals surface area contributed by atoms with Crippen LogP contribution in [0.4, 0.5) is 0 Å². The molecular weight excluding hydrogens is 111 g/mol. The van der Waals surface area contributed by atoms with Crippen molar-refractivity contribution in [3.63, 3.8) is 0 Å². The summed E-state index contributed by atoms with van der Waals surface area (Å²) in [5.74, 6) is 0. The SMILES string of the molecule is O=[PH](O)OS. The quantitative estimate of drug-likeness (QED) is 0.291. The highest BCUT2D eigenvalue weighted by Crippen LogP contribution is 2.14. The van der Waals surface area contributed by atoms with E-state index in [4.69, 9.17) is 4.89 Å². The Morgan fingerprint density at radius 3 is 2.20 bits per heavy atom. The lowest BCUT2D eigenvalue weighted by Crippen LogP contribution is -1.46. The summed E-state index contributed by atoms with van der Waals surface area (Å²) in [6, 6.07) is 0. The zero-order chi connectivity index (χ0) is 4.28. The highest BCUT2D eigenvalue weighted by molar-refractivity contribution is 7.79. The first kappa shape index (κ1) is 5.50. The van der Waals surface area contributed by atoms with Gasteiger partial charge in [-0.05, 0) is 12.9 Å². The molecule has 5 heteroatoms. The fraction of sp³-hybridized carbons (Fsp3) is 0. The molecule has 0 radical (unpaired) electrons. The molecule has 5 heavy (non-hydrogen) atoms. The largest absolute Gasteiger partial charge is 0.327 e. The summed E-state index contributed by atoms with van der Waals surface area (Å²) >= 11 is 3.00. The Morgan fingerprint density at radius 2 is 2.20 bits per heavy atom. The van der Waals surface area contributed by atoms with E-state index in [1.165, 1.54) is 0 Å². The summed E-state index contributed by atoms with van der Waals surface area (Å²) in [7, 11) is -2.76. The Hall–Kier alpha value is 0.500. The number of rotatable bonds is 1. The molecule has 0 aromatic heterocycles. The number of thiol groups is 1. The smallest absolute Gasteiger partial charge is 0.326 e. The minimum atomic E-state index is -2.76. The van der Waals surface area contributed by atoms with Crippen molar-refractivity contribution in [1.82, 2.24) is 0 Å². The van der Waals surface area contributed by atoms with E-state index in [0.29, 0.717) is 0 Å². The zero-order valence-electron chi connectivity index (χ0n) is 2.21. The van der Waals surface area contributed by atoms with Gasteiger partial charge in [-0.3, -0.25) is 4.57 Å². The Morgan fingerprint density at radius 1 is 2.00 bits per heavy atom. The third kappa shape index (κ3) is 4.50. The van der Waals surface area contributed by atoms with Crippen molar-refractivity contribution >= 4 is 21.2 Å². The molecule has 3 nitrogen and oxygen atoms in total. The van der Waals surface area contributed by atoms with Crippen LogP contribution in [0, 0.1) is 0 Å². The summed E-state index contributed by atoms with van der Waals surface area (Å²) in [5, 5.41) is 0. The standard InChI is InChI=1S/H3O3PS/c1-4(2)3-5/h4-5H,(H,1,2). The predicted octanol–water partition coefficient (Wildman–Crippen LogP) is 0.230. The monoisotopic (exact) mass is 114 g/mol. The van der Waals surface area contributed by atoms with Crippen molar-refractivity contribution < 1.29 is 13.4 Å². The first-order chi connectivity index (χ1) is 2.27. The van der Waals surface area contributed by atoms with Crippen molar-refractivity contribution in [2.24, 2.45) is 0 Å². The molecular formula is H3O3PS. The molecule has 1 N–H and O–H groups in total. The Bertz CT molecular complexity index is 42.2. The molecule has 0 rings (SSSR count). The lowest BCUT2D eigenvalue weighted by atomic mass is 15.8. The van der Waals surface area contributed by atoms with E-state index in [1.54, 1.807) is 0 Å². The number of hydrogen-bond donors (Lipinski definition) is 2. The molecule has 0 spiro atoms. The minimum Gasteiger partial charge on any atom is -0.326 e. The summed E-state index contributed by atoms with van der Waals surface area (Å²) in [5.41, 5.74) is 0. The normalized spacial score (nSPS) is 14.8. The van der Waals surface area contributed by atoms with Gasteiger partial charge in [0.05, 0.1) is 0 Å². The first-order valence-electron chi connectivity index (χ1n) is 0.814. The van der Waals surface area contributed by atoms with E-state index in [0.717, 1.165) is 0 Å². The van der Waals surface area contributed by atoms with Crippen LogP contribution >= 0.6 is 21.2 Å². The molecule has 0 saturated heterocycles. The molecule has 0 bridgehead atoms. The summed E-state index contributed by atoms with van der Waals surface area (Å²) in [6.45, 7) is 0. The van der Waals surface area contributed by atoms with Gasteiger partial charge in [-0.1, -0.05) is 0 Å². The van der Waals surface area contributed by atoms with Gasteiger partial charge in [0.2, 0.25) is 0 Å². The maximum absolute atomic E-state index is 9.25. The minimum absolute atomic E-state index is 2.76. The second kappa shape index (κ2) is 2.72. The molecule has 0 aromatic carbocycles. The van der Waals surface area contributed by atoms with Crippen LogP contribution in [0.15, 0.2) is 0 Å².